The summed E-state index contributed by atoms with van der Waals surface area (Å²) in [6.07, 6.45) is 2.70. The summed E-state index contributed by atoms with van der Waals surface area (Å²) in [6, 6.07) is 2.70. The third-order valence-electron chi connectivity index (χ3n) is 9.98. The van der Waals surface area contributed by atoms with Gasteiger partial charge in [-0.15, -0.1) is 11.8 Å². The second kappa shape index (κ2) is 9.93. The number of nitrogens with zero attached hydrogens (tertiary/aromatic N) is 2. The van der Waals surface area contributed by atoms with Crippen LogP contribution in [-0.4, -0.2) is 85.4 Å². The summed E-state index contributed by atoms with van der Waals surface area (Å²) in [5, 5.41) is 29.8. The van der Waals surface area contributed by atoms with Gasteiger partial charge in [-0.05, 0) is 61.1 Å². The predicted octanol–water partition coefficient (Wildman–Crippen LogP) is 2.65. The van der Waals surface area contributed by atoms with E-state index in [2.05, 4.69) is 20.8 Å². The normalized spacial score (nSPS) is 32.5. The lowest BCUT2D eigenvalue weighted by Crippen LogP contribution is -2.54. The van der Waals surface area contributed by atoms with Gasteiger partial charge in [0.15, 0.2) is 11.5 Å². The second-order valence-electron chi connectivity index (χ2n) is 12.1. The van der Waals surface area contributed by atoms with E-state index in [0.29, 0.717) is 36.6 Å². The van der Waals surface area contributed by atoms with Crippen LogP contribution in [-0.2, 0) is 25.5 Å². The van der Waals surface area contributed by atoms with Gasteiger partial charge in [-0.25, -0.2) is 4.79 Å². The van der Waals surface area contributed by atoms with E-state index in [1.165, 1.54) is 34.9 Å². The minimum atomic E-state index is -1.41. The van der Waals surface area contributed by atoms with E-state index in [-0.39, 0.29) is 52.6 Å². The molecule has 2 aliphatic carbocycles. The minimum absolute atomic E-state index is 0.0590. The summed E-state index contributed by atoms with van der Waals surface area (Å²) in [5.74, 6) is -0.609. The zero-order valence-corrected chi connectivity index (χ0v) is 23.1. The van der Waals surface area contributed by atoms with Gasteiger partial charge in [-0.2, -0.15) is 0 Å². The molecule has 2 saturated carbocycles. The number of aliphatic hydroxyl groups is 1. The van der Waals surface area contributed by atoms with Gasteiger partial charge in [0.25, 0.3) is 5.91 Å². The fourth-order valence-corrected chi connectivity index (χ4v) is 8.21. The van der Waals surface area contributed by atoms with E-state index in [0.717, 1.165) is 19.3 Å². The molecule has 9 nitrogen and oxygen atoms in total. The van der Waals surface area contributed by atoms with Crippen molar-refractivity contribution in [2.24, 2.45) is 16.7 Å². The molecule has 5 rings (SSSR count). The molecule has 0 aromatic heterocycles. The van der Waals surface area contributed by atoms with Crippen molar-refractivity contribution in [1.82, 2.24) is 9.80 Å². The highest BCUT2D eigenvalue weighted by Crippen LogP contribution is 2.66. The molecular weight excluding hydrogens is 508 g/mol. The molecule has 2 heterocycles. The fraction of sp³-hybridized carbons (Fsp3) is 0.679. The second-order valence-corrected chi connectivity index (χ2v) is 13.1. The van der Waals surface area contributed by atoms with E-state index in [9.17, 15) is 29.7 Å². The lowest BCUT2D eigenvalue weighted by atomic mass is 9.70. The third kappa shape index (κ3) is 4.43. The minimum Gasteiger partial charge on any atom is -0.504 e. The van der Waals surface area contributed by atoms with Crippen LogP contribution >= 0.6 is 11.8 Å². The number of hydrogen-bond acceptors (Lipinski definition) is 8. The first-order valence-electron chi connectivity index (χ1n) is 13.5. The van der Waals surface area contributed by atoms with Crippen LogP contribution in [0.1, 0.15) is 58.4 Å². The van der Waals surface area contributed by atoms with Crippen LogP contribution in [0.4, 0.5) is 0 Å². The number of benzene rings is 1. The van der Waals surface area contributed by atoms with Crippen LogP contribution in [0.25, 0.3) is 0 Å². The van der Waals surface area contributed by atoms with Gasteiger partial charge in [-0.3, -0.25) is 9.59 Å². The largest absolute Gasteiger partial charge is 0.504 e. The van der Waals surface area contributed by atoms with Crippen molar-refractivity contribution in [1.29, 1.82) is 0 Å². The maximum Gasteiger partial charge on any atom is 0.329 e. The third-order valence-corrected chi connectivity index (χ3v) is 11.0. The molecule has 2 saturated heterocycles. The van der Waals surface area contributed by atoms with Crippen LogP contribution < -0.4 is 0 Å². The number of carbonyl (C=O) groups is 3. The number of aliphatic hydroxyl groups excluding tert-OH is 1. The SMILES string of the molecule is CC1(C)C2CCC1(C)C(OC(=O)C1CCCN1C(=O)C1CSCN1C(=O)C(O)Cc1ccc(O)c(O)c1)C2. The van der Waals surface area contributed by atoms with E-state index in [1.807, 2.05) is 0 Å². The average Bonchev–Trinajstić information content (AvgIpc) is 3.63. The summed E-state index contributed by atoms with van der Waals surface area (Å²) in [6.45, 7) is 7.20. The van der Waals surface area contributed by atoms with Crippen molar-refractivity contribution < 1.29 is 34.4 Å². The number of likely N-dealkylation sites (tertiary alicyclic amines) is 1. The van der Waals surface area contributed by atoms with Gasteiger partial charge in [0, 0.05) is 24.1 Å². The smallest absolute Gasteiger partial charge is 0.329 e. The highest BCUT2D eigenvalue weighted by atomic mass is 32.2. The number of fused-ring (bicyclic) bond motifs is 2. The maximum absolute atomic E-state index is 13.6. The van der Waals surface area contributed by atoms with Gasteiger partial charge in [0.1, 0.15) is 24.3 Å². The number of thioether (sulfide) groups is 1. The Labute approximate surface area is 227 Å². The summed E-state index contributed by atoms with van der Waals surface area (Å²) < 4.78 is 6.11. The van der Waals surface area contributed by atoms with Gasteiger partial charge < -0.3 is 29.9 Å². The molecule has 2 aliphatic heterocycles. The van der Waals surface area contributed by atoms with E-state index in [1.54, 1.807) is 4.90 Å². The van der Waals surface area contributed by atoms with Crippen LogP contribution in [0.3, 0.4) is 0 Å². The molecule has 4 aliphatic rings. The highest BCUT2D eigenvalue weighted by Gasteiger charge is 2.63. The van der Waals surface area contributed by atoms with Crippen molar-refractivity contribution in [2.75, 3.05) is 18.2 Å². The lowest BCUT2D eigenvalue weighted by Gasteiger charge is -2.39. The molecule has 1 aromatic rings. The van der Waals surface area contributed by atoms with Crippen molar-refractivity contribution in [2.45, 2.75) is 83.6 Å². The van der Waals surface area contributed by atoms with Crippen molar-refractivity contribution in [3.8, 4) is 11.5 Å². The van der Waals surface area contributed by atoms with Crippen LogP contribution in [0, 0.1) is 16.7 Å². The molecule has 0 spiro atoms. The first-order chi connectivity index (χ1) is 17.9. The number of phenols is 2. The number of rotatable bonds is 6. The Balaban J connectivity index is 1.23. The number of amides is 2. The molecule has 38 heavy (non-hydrogen) atoms. The molecule has 0 radical (unpaired) electrons. The molecule has 6 atom stereocenters. The van der Waals surface area contributed by atoms with Crippen molar-refractivity contribution in [3.05, 3.63) is 23.8 Å². The molecule has 4 fully saturated rings. The van der Waals surface area contributed by atoms with Gasteiger partial charge >= 0.3 is 5.97 Å². The summed E-state index contributed by atoms with van der Waals surface area (Å²) in [5.41, 5.74) is 0.539. The molecule has 6 unspecified atom stereocenters. The lowest BCUT2D eigenvalue weighted by molar-refractivity contribution is -0.166. The first-order valence-corrected chi connectivity index (χ1v) is 14.7. The van der Waals surface area contributed by atoms with E-state index >= 15 is 0 Å². The monoisotopic (exact) mass is 546 g/mol. The van der Waals surface area contributed by atoms with Gasteiger partial charge in [0.2, 0.25) is 5.91 Å². The molecule has 3 N–H and O–H groups in total. The van der Waals surface area contributed by atoms with Crippen LogP contribution in [0.15, 0.2) is 18.2 Å². The number of esters is 1. The molecule has 1 aromatic carbocycles. The number of carbonyl (C=O) groups excluding carboxylic acids is 3. The summed E-state index contributed by atoms with van der Waals surface area (Å²) >= 11 is 1.43. The standard InChI is InChI=1S/C28H38N2O7S/c1-27(2)17-8-9-28(27,3)23(13-17)37-26(36)18-5-4-10-29(18)24(34)19-14-38-15-30(19)25(35)22(33)12-16-6-7-20(31)21(32)11-16/h6-7,11,17-19,22-23,31-33H,4-5,8-10,12-15H2,1-3H3. The number of phenolic OH excluding ortho intramolecular Hbond substituents is 2. The molecular formula is C28H38N2O7S. The average molecular weight is 547 g/mol. The first kappa shape index (κ1) is 27.1. The van der Waals surface area contributed by atoms with Crippen LogP contribution in [0.5, 0.6) is 11.5 Å². The molecule has 2 bridgehead atoms. The maximum atomic E-state index is 13.6. The molecule has 10 heteroatoms. The van der Waals surface area contributed by atoms with Gasteiger partial charge in [0.05, 0.1) is 5.88 Å². The number of hydrogen-bond donors (Lipinski definition) is 3. The Morgan fingerprint density at radius 3 is 2.53 bits per heavy atom. The Kier molecular flexibility index (Phi) is 7.09. The Morgan fingerprint density at radius 2 is 1.87 bits per heavy atom. The summed E-state index contributed by atoms with van der Waals surface area (Å²) in [4.78, 5) is 43.1. The Hall–Kier alpha value is -2.46. The van der Waals surface area contributed by atoms with Crippen molar-refractivity contribution in [3.63, 3.8) is 0 Å². The number of aromatic hydroxyl groups is 2. The summed E-state index contributed by atoms with van der Waals surface area (Å²) in [7, 11) is 0. The van der Waals surface area contributed by atoms with E-state index in [4.69, 9.17) is 4.74 Å². The fourth-order valence-electron chi connectivity index (χ4n) is 7.06. The Bertz CT molecular complexity index is 1130. The quantitative estimate of drug-likeness (QED) is 0.367. The zero-order chi connectivity index (χ0) is 27.4. The highest BCUT2D eigenvalue weighted by molar-refractivity contribution is 7.99. The predicted molar refractivity (Wildman–Crippen MR) is 141 cm³/mol. The number of ether oxygens (including phenoxy) is 1. The zero-order valence-electron chi connectivity index (χ0n) is 22.3. The van der Waals surface area contributed by atoms with Crippen molar-refractivity contribution >= 4 is 29.5 Å². The van der Waals surface area contributed by atoms with E-state index < -0.39 is 24.1 Å². The Morgan fingerprint density at radius 1 is 1.11 bits per heavy atom. The molecule has 208 valence electrons. The van der Waals surface area contributed by atoms with Crippen LogP contribution in [0.2, 0.25) is 0 Å². The molecule has 2 amide bonds. The van der Waals surface area contributed by atoms with Gasteiger partial charge in [-0.1, -0.05) is 26.8 Å². The topological polar surface area (TPSA) is 128 Å².